The highest BCUT2D eigenvalue weighted by atomic mass is 32.1. The number of rotatable bonds is 5. The lowest BCUT2D eigenvalue weighted by Gasteiger charge is -2.08. The summed E-state index contributed by atoms with van der Waals surface area (Å²) in [5.74, 6) is 2.07. The number of nitrogens with one attached hydrogen (secondary N) is 1. The van der Waals surface area contributed by atoms with Crippen LogP contribution in [0.3, 0.4) is 0 Å². The third kappa shape index (κ3) is 2.59. The summed E-state index contributed by atoms with van der Waals surface area (Å²) in [7, 11) is 0. The Morgan fingerprint density at radius 1 is 1.56 bits per heavy atom. The molecular formula is C12H16N4OS. The molecule has 6 heteroatoms. The molecule has 0 amide bonds. The van der Waals surface area contributed by atoms with E-state index in [-0.39, 0.29) is 6.04 Å². The number of nitrogens with zero attached hydrogens (tertiary/aromatic N) is 3. The molecule has 1 N–H and O–H groups in total. The third-order valence-corrected chi connectivity index (χ3v) is 4.09. The number of hydrogen-bond donors (Lipinski definition) is 1. The Kier molecular flexibility index (Phi) is 3.13. The maximum atomic E-state index is 5.22. The molecule has 3 rings (SSSR count). The van der Waals surface area contributed by atoms with Gasteiger partial charge in [-0.3, -0.25) is 5.32 Å². The van der Waals surface area contributed by atoms with Gasteiger partial charge in [0.25, 0.3) is 0 Å². The second kappa shape index (κ2) is 4.78. The van der Waals surface area contributed by atoms with Crippen LogP contribution in [0.1, 0.15) is 53.3 Å². The minimum Gasteiger partial charge on any atom is -0.338 e. The molecule has 96 valence electrons. The topological polar surface area (TPSA) is 63.8 Å². The number of hydrogen-bond acceptors (Lipinski definition) is 6. The highest BCUT2D eigenvalue weighted by Gasteiger charge is 2.28. The average molecular weight is 264 g/mol. The molecule has 0 radical (unpaired) electrons. The number of aromatic nitrogens is 3. The Balaban J connectivity index is 1.56. The first-order valence-corrected chi connectivity index (χ1v) is 7.02. The summed E-state index contributed by atoms with van der Waals surface area (Å²) in [4.78, 5) is 9.98. The summed E-state index contributed by atoms with van der Waals surface area (Å²) in [5.41, 5.74) is 0. The smallest absolute Gasteiger partial charge is 0.240 e. The summed E-state index contributed by atoms with van der Waals surface area (Å²) in [6, 6.07) is 0.208. The van der Waals surface area contributed by atoms with Crippen LogP contribution in [0.5, 0.6) is 0 Å². The van der Waals surface area contributed by atoms with Crippen LogP contribution in [-0.4, -0.2) is 15.1 Å². The Morgan fingerprint density at radius 2 is 2.39 bits per heavy atom. The Morgan fingerprint density at radius 3 is 3.06 bits per heavy atom. The van der Waals surface area contributed by atoms with E-state index in [4.69, 9.17) is 4.52 Å². The van der Waals surface area contributed by atoms with Gasteiger partial charge in [-0.15, -0.1) is 11.3 Å². The Hall–Kier alpha value is -1.27. The normalized spacial score (nSPS) is 17.0. The predicted octanol–water partition coefficient (Wildman–Crippen LogP) is 2.56. The second-order valence-electron chi connectivity index (χ2n) is 4.73. The lowest BCUT2D eigenvalue weighted by molar-refractivity contribution is 0.356. The first kappa shape index (κ1) is 11.8. The maximum Gasteiger partial charge on any atom is 0.240 e. The summed E-state index contributed by atoms with van der Waals surface area (Å²) in [6.07, 6.45) is 4.29. The first-order valence-electron chi connectivity index (χ1n) is 6.20. The molecule has 0 bridgehead atoms. The van der Waals surface area contributed by atoms with E-state index in [1.54, 1.807) is 11.3 Å². The van der Waals surface area contributed by atoms with Crippen molar-refractivity contribution < 1.29 is 4.52 Å². The van der Waals surface area contributed by atoms with Gasteiger partial charge in [0, 0.05) is 17.0 Å². The average Bonchev–Trinajstić information content (AvgIpc) is 2.95. The standard InChI is InChI=1S/C12H16N4OS/c1-7-5-14-12(18-7)8(2)13-6-10-15-11(16-17-10)9-3-4-9/h5,8-9,13H,3-4,6H2,1-2H3/t8-/m1/s1. The molecule has 0 saturated heterocycles. The van der Waals surface area contributed by atoms with Crippen LogP contribution < -0.4 is 5.32 Å². The van der Waals surface area contributed by atoms with Crippen LogP contribution in [0.4, 0.5) is 0 Å². The summed E-state index contributed by atoms with van der Waals surface area (Å²) < 4.78 is 5.22. The van der Waals surface area contributed by atoms with Crippen LogP contribution in [0.25, 0.3) is 0 Å². The van der Waals surface area contributed by atoms with Gasteiger partial charge in [0.1, 0.15) is 5.01 Å². The largest absolute Gasteiger partial charge is 0.338 e. The quantitative estimate of drug-likeness (QED) is 0.899. The summed E-state index contributed by atoms with van der Waals surface area (Å²) in [5, 5.41) is 8.44. The van der Waals surface area contributed by atoms with Gasteiger partial charge in [-0.25, -0.2) is 4.98 Å². The zero-order chi connectivity index (χ0) is 12.5. The molecule has 0 aliphatic heterocycles. The van der Waals surface area contributed by atoms with E-state index in [1.165, 1.54) is 17.7 Å². The van der Waals surface area contributed by atoms with Crippen molar-refractivity contribution in [3.05, 3.63) is 27.8 Å². The first-order chi connectivity index (χ1) is 8.72. The van der Waals surface area contributed by atoms with Crippen molar-refractivity contribution in [2.24, 2.45) is 0 Å². The molecule has 2 aromatic rings. The fourth-order valence-electron chi connectivity index (χ4n) is 1.75. The Bertz CT molecular complexity index is 532. The lowest BCUT2D eigenvalue weighted by atomic mass is 10.3. The lowest BCUT2D eigenvalue weighted by Crippen LogP contribution is -2.18. The number of thiazole rings is 1. The van der Waals surface area contributed by atoms with Gasteiger partial charge in [0.2, 0.25) is 5.89 Å². The minimum absolute atomic E-state index is 0.208. The van der Waals surface area contributed by atoms with Gasteiger partial charge in [0.05, 0.1) is 12.6 Å². The van der Waals surface area contributed by atoms with E-state index in [0.29, 0.717) is 18.4 Å². The third-order valence-electron chi connectivity index (χ3n) is 3.00. The van der Waals surface area contributed by atoms with E-state index < -0.39 is 0 Å². The van der Waals surface area contributed by atoms with Crippen molar-refractivity contribution in [2.45, 2.75) is 45.2 Å². The fourth-order valence-corrected chi connectivity index (χ4v) is 2.55. The van der Waals surface area contributed by atoms with Crippen molar-refractivity contribution >= 4 is 11.3 Å². The van der Waals surface area contributed by atoms with Gasteiger partial charge >= 0.3 is 0 Å². The monoisotopic (exact) mass is 264 g/mol. The summed E-state index contributed by atoms with van der Waals surface area (Å²) >= 11 is 1.71. The minimum atomic E-state index is 0.208. The van der Waals surface area contributed by atoms with Crippen LogP contribution in [0.2, 0.25) is 0 Å². The zero-order valence-electron chi connectivity index (χ0n) is 10.5. The summed E-state index contributed by atoms with van der Waals surface area (Å²) in [6.45, 7) is 4.75. The molecule has 0 aromatic carbocycles. The highest BCUT2D eigenvalue weighted by molar-refractivity contribution is 7.11. The van der Waals surface area contributed by atoms with Crippen molar-refractivity contribution in [3.63, 3.8) is 0 Å². The molecule has 0 spiro atoms. The zero-order valence-corrected chi connectivity index (χ0v) is 11.3. The van der Waals surface area contributed by atoms with Gasteiger partial charge in [-0.2, -0.15) is 4.98 Å². The van der Waals surface area contributed by atoms with Gasteiger partial charge in [-0.1, -0.05) is 5.16 Å². The molecule has 2 aromatic heterocycles. The molecular weight excluding hydrogens is 248 g/mol. The molecule has 0 unspecified atom stereocenters. The Labute approximate surface area is 110 Å². The van der Waals surface area contributed by atoms with Crippen LogP contribution in [0.15, 0.2) is 10.7 Å². The molecule has 5 nitrogen and oxygen atoms in total. The van der Waals surface area contributed by atoms with E-state index in [1.807, 2.05) is 6.20 Å². The maximum absolute atomic E-state index is 5.22. The molecule has 1 aliphatic rings. The highest BCUT2D eigenvalue weighted by Crippen LogP contribution is 2.38. The van der Waals surface area contributed by atoms with Crippen LogP contribution >= 0.6 is 11.3 Å². The van der Waals surface area contributed by atoms with Crippen LogP contribution in [0, 0.1) is 6.92 Å². The van der Waals surface area contributed by atoms with Gasteiger partial charge < -0.3 is 4.52 Å². The molecule has 1 saturated carbocycles. The molecule has 1 atom stereocenters. The molecule has 1 aliphatic carbocycles. The van der Waals surface area contributed by atoms with Crippen LogP contribution in [-0.2, 0) is 6.54 Å². The molecule has 2 heterocycles. The van der Waals surface area contributed by atoms with E-state index in [2.05, 4.69) is 34.3 Å². The van der Waals surface area contributed by atoms with Crippen molar-refractivity contribution in [1.29, 1.82) is 0 Å². The van der Waals surface area contributed by atoms with E-state index in [0.717, 1.165) is 10.8 Å². The van der Waals surface area contributed by atoms with Crippen molar-refractivity contribution in [2.75, 3.05) is 0 Å². The molecule has 18 heavy (non-hydrogen) atoms. The SMILES string of the molecule is Cc1cnc([C@@H](C)NCc2nc(C3CC3)no2)s1. The fraction of sp³-hybridized carbons (Fsp3) is 0.583. The van der Waals surface area contributed by atoms with Gasteiger partial charge in [0.15, 0.2) is 5.82 Å². The molecule has 1 fully saturated rings. The van der Waals surface area contributed by atoms with E-state index >= 15 is 0 Å². The van der Waals surface area contributed by atoms with Gasteiger partial charge in [-0.05, 0) is 26.7 Å². The number of aryl methyl sites for hydroxylation is 1. The predicted molar refractivity (Wildman–Crippen MR) is 68.4 cm³/mol. The van der Waals surface area contributed by atoms with Crippen molar-refractivity contribution in [1.82, 2.24) is 20.4 Å². The second-order valence-corrected chi connectivity index (χ2v) is 6.00. The van der Waals surface area contributed by atoms with Crippen molar-refractivity contribution in [3.8, 4) is 0 Å². The van der Waals surface area contributed by atoms with E-state index in [9.17, 15) is 0 Å².